The lowest BCUT2D eigenvalue weighted by Crippen LogP contribution is -1.77. The molecular weight excluding hydrogens is 212 g/mol. The van der Waals surface area contributed by atoms with E-state index in [2.05, 4.69) is 28.2 Å². The fourth-order valence-electron chi connectivity index (χ4n) is 2.26. The first-order valence-electron chi connectivity index (χ1n) is 5.44. The first kappa shape index (κ1) is 8.70. The Labute approximate surface area is 96.7 Å². The second kappa shape index (κ2) is 3.04. The van der Waals surface area contributed by atoms with Gasteiger partial charge in [0.15, 0.2) is 0 Å². The molecule has 4 rings (SSSR count). The van der Waals surface area contributed by atoms with Crippen molar-refractivity contribution in [3.8, 4) is 0 Å². The smallest absolute Gasteiger partial charge is 0.246 e. The maximum Gasteiger partial charge on any atom is 0.246 e. The minimum atomic E-state index is 0.596. The van der Waals surface area contributed by atoms with E-state index in [0.717, 1.165) is 21.9 Å². The van der Waals surface area contributed by atoms with Crippen molar-refractivity contribution < 1.29 is 4.42 Å². The molecule has 0 saturated heterocycles. The summed E-state index contributed by atoms with van der Waals surface area (Å²) in [5.41, 5.74) is 2.27. The van der Waals surface area contributed by atoms with Crippen molar-refractivity contribution in [3.05, 3.63) is 48.8 Å². The molecule has 0 aliphatic rings. The number of nitrogens with zero attached hydrogens (tertiary/aromatic N) is 2. The number of aromatic nitrogens is 2. The van der Waals surface area contributed by atoms with Gasteiger partial charge in [-0.1, -0.05) is 30.3 Å². The zero-order valence-corrected chi connectivity index (χ0v) is 8.92. The normalized spacial score (nSPS) is 11.5. The molecule has 0 amide bonds. The van der Waals surface area contributed by atoms with E-state index in [0.29, 0.717) is 5.71 Å². The molecule has 3 nitrogen and oxygen atoms in total. The summed E-state index contributed by atoms with van der Waals surface area (Å²) in [5.74, 6) is 0. The zero-order chi connectivity index (χ0) is 11.2. The van der Waals surface area contributed by atoms with Crippen molar-refractivity contribution >= 4 is 33.0 Å². The van der Waals surface area contributed by atoms with E-state index in [4.69, 9.17) is 4.42 Å². The van der Waals surface area contributed by atoms with Crippen LogP contribution in [0.15, 0.2) is 53.2 Å². The molecule has 0 aliphatic heterocycles. The molecule has 0 spiro atoms. The van der Waals surface area contributed by atoms with Gasteiger partial charge in [0.05, 0.1) is 5.39 Å². The average molecular weight is 220 g/mol. The van der Waals surface area contributed by atoms with Gasteiger partial charge in [0, 0.05) is 12.4 Å². The average Bonchev–Trinajstić information content (AvgIpc) is 2.77. The molecule has 2 aromatic carbocycles. The lowest BCUT2D eigenvalue weighted by molar-refractivity contribution is 0.653. The molecule has 2 heterocycles. The van der Waals surface area contributed by atoms with Gasteiger partial charge in [-0.05, 0) is 16.8 Å². The highest BCUT2D eigenvalue weighted by molar-refractivity contribution is 6.16. The quantitative estimate of drug-likeness (QED) is 0.455. The Balaban J connectivity index is 2.38. The molecule has 0 unspecified atom stereocenters. The van der Waals surface area contributed by atoms with Gasteiger partial charge in [0.2, 0.25) is 5.71 Å². The van der Waals surface area contributed by atoms with E-state index in [-0.39, 0.29) is 0 Å². The molecular formula is C14H8N2O. The summed E-state index contributed by atoms with van der Waals surface area (Å²) < 4.78 is 5.69. The van der Waals surface area contributed by atoms with E-state index in [1.54, 1.807) is 12.4 Å². The number of rotatable bonds is 0. The van der Waals surface area contributed by atoms with Gasteiger partial charge in [0.25, 0.3) is 0 Å². The van der Waals surface area contributed by atoms with Gasteiger partial charge in [-0.3, -0.25) is 0 Å². The third kappa shape index (κ3) is 1.11. The zero-order valence-electron chi connectivity index (χ0n) is 8.92. The van der Waals surface area contributed by atoms with E-state index >= 15 is 0 Å². The molecule has 4 aromatic rings. The van der Waals surface area contributed by atoms with Crippen molar-refractivity contribution in [2.75, 3.05) is 0 Å². The molecule has 17 heavy (non-hydrogen) atoms. The summed E-state index contributed by atoms with van der Waals surface area (Å²) >= 11 is 0. The molecule has 80 valence electrons. The highest BCUT2D eigenvalue weighted by Crippen LogP contribution is 2.31. The summed E-state index contributed by atoms with van der Waals surface area (Å²) in [5, 5.41) is 3.39. The summed E-state index contributed by atoms with van der Waals surface area (Å²) in [7, 11) is 0. The van der Waals surface area contributed by atoms with E-state index in [1.165, 1.54) is 5.39 Å². The Bertz CT molecular complexity index is 842. The van der Waals surface area contributed by atoms with Crippen LogP contribution >= 0.6 is 0 Å². The molecule has 0 aliphatic carbocycles. The fraction of sp³-hybridized carbons (Fsp3) is 0. The second-order valence-corrected chi connectivity index (χ2v) is 3.97. The summed E-state index contributed by atoms with van der Waals surface area (Å²) in [6, 6.07) is 12.3. The molecule has 2 aromatic heterocycles. The van der Waals surface area contributed by atoms with Crippen molar-refractivity contribution in [2.45, 2.75) is 0 Å². The van der Waals surface area contributed by atoms with Crippen molar-refractivity contribution in [2.24, 2.45) is 0 Å². The van der Waals surface area contributed by atoms with Crippen LogP contribution in [0.1, 0.15) is 0 Å². The van der Waals surface area contributed by atoms with Crippen molar-refractivity contribution in [1.29, 1.82) is 0 Å². The summed E-state index contributed by atoms with van der Waals surface area (Å²) in [6.07, 6.45) is 3.34. The van der Waals surface area contributed by atoms with Crippen LogP contribution in [-0.4, -0.2) is 9.97 Å². The Hall–Kier alpha value is -2.42. The van der Waals surface area contributed by atoms with Crippen LogP contribution in [0.5, 0.6) is 0 Å². The van der Waals surface area contributed by atoms with Gasteiger partial charge in [-0.15, -0.1) is 0 Å². The van der Waals surface area contributed by atoms with E-state index < -0.39 is 0 Å². The number of fused-ring (bicyclic) bond motifs is 5. The van der Waals surface area contributed by atoms with Crippen LogP contribution < -0.4 is 0 Å². The Morgan fingerprint density at radius 2 is 1.76 bits per heavy atom. The minimum Gasteiger partial charge on any atom is -0.436 e. The number of furan rings is 1. The van der Waals surface area contributed by atoms with Crippen LogP contribution in [0.2, 0.25) is 0 Å². The minimum absolute atomic E-state index is 0.596. The van der Waals surface area contributed by atoms with Crippen LogP contribution in [-0.2, 0) is 0 Å². The maximum atomic E-state index is 5.69. The Kier molecular flexibility index (Phi) is 1.56. The van der Waals surface area contributed by atoms with Crippen LogP contribution in [0, 0.1) is 0 Å². The van der Waals surface area contributed by atoms with Gasteiger partial charge >= 0.3 is 0 Å². The SMILES string of the molecule is c1ccc2c(c1)ccc1oc3nccnc3c12. The lowest BCUT2D eigenvalue weighted by atomic mass is 10.1. The molecule has 0 bridgehead atoms. The largest absolute Gasteiger partial charge is 0.436 e. The first-order chi connectivity index (χ1) is 8.43. The predicted octanol–water partition coefficient (Wildman–Crippen LogP) is 3.53. The molecule has 0 atom stereocenters. The van der Waals surface area contributed by atoms with Crippen LogP contribution in [0.3, 0.4) is 0 Å². The monoisotopic (exact) mass is 220 g/mol. The van der Waals surface area contributed by atoms with Crippen LogP contribution in [0.4, 0.5) is 0 Å². The van der Waals surface area contributed by atoms with Crippen molar-refractivity contribution in [1.82, 2.24) is 9.97 Å². The van der Waals surface area contributed by atoms with Crippen molar-refractivity contribution in [3.63, 3.8) is 0 Å². The first-order valence-corrected chi connectivity index (χ1v) is 5.44. The highest BCUT2D eigenvalue weighted by atomic mass is 16.3. The molecule has 0 fully saturated rings. The third-order valence-corrected chi connectivity index (χ3v) is 3.00. The third-order valence-electron chi connectivity index (χ3n) is 3.00. The highest BCUT2D eigenvalue weighted by Gasteiger charge is 2.11. The number of hydrogen-bond acceptors (Lipinski definition) is 3. The molecule has 0 N–H and O–H groups in total. The molecule has 0 saturated carbocycles. The Morgan fingerprint density at radius 1 is 0.882 bits per heavy atom. The van der Waals surface area contributed by atoms with Gasteiger partial charge in [-0.25, -0.2) is 9.97 Å². The summed E-state index contributed by atoms with van der Waals surface area (Å²) in [6.45, 7) is 0. The fourth-order valence-corrected chi connectivity index (χ4v) is 2.26. The standard InChI is InChI=1S/C14H8N2O/c1-2-4-10-9(3-1)5-6-11-12(10)13-14(17-11)16-8-7-15-13/h1-8H. The number of hydrogen-bond donors (Lipinski definition) is 0. The Morgan fingerprint density at radius 3 is 2.76 bits per heavy atom. The number of benzene rings is 2. The molecule has 0 radical (unpaired) electrons. The predicted molar refractivity (Wildman–Crippen MR) is 66.8 cm³/mol. The topological polar surface area (TPSA) is 38.9 Å². The second-order valence-electron chi connectivity index (χ2n) is 3.97. The van der Waals surface area contributed by atoms with E-state index in [1.807, 2.05) is 18.2 Å². The molecule has 3 heteroatoms. The summed E-state index contributed by atoms with van der Waals surface area (Å²) in [4.78, 5) is 8.56. The van der Waals surface area contributed by atoms with Gasteiger partial charge in [-0.2, -0.15) is 0 Å². The lowest BCUT2D eigenvalue weighted by Gasteiger charge is -1.97. The van der Waals surface area contributed by atoms with E-state index in [9.17, 15) is 0 Å². The maximum absolute atomic E-state index is 5.69. The van der Waals surface area contributed by atoms with Gasteiger partial charge in [0.1, 0.15) is 11.1 Å². The van der Waals surface area contributed by atoms with Gasteiger partial charge < -0.3 is 4.42 Å². The van der Waals surface area contributed by atoms with Crippen LogP contribution in [0.25, 0.3) is 33.0 Å².